The summed E-state index contributed by atoms with van der Waals surface area (Å²) in [5.41, 5.74) is 0.471. The summed E-state index contributed by atoms with van der Waals surface area (Å²) in [6.45, 7) is 0. The van der Waals surface area contributed by atoms with E-state index in [4.69, 9.17) is 8.94 Å². The fourth-order valence-corrected chi connectivity index (χ4v) is 4.92. The van der Waals surface area contributed by atoms with Gasteiger partial charge >= 0.3 is 0 Å². The molecule has 0 bridgehead atoms. The fraction of sp³-hybridized carbons (Fsp3) is 0.133. The van der Waals surface area contributed by atoms with Crippen molar-refractivity contribution in [3.05, 3.63) is 52.8 Å². The van der Waals surface area contributed by atoms with Gasteiger partial charge in [-0.25, -0.2) is 13.4 Å². The summed E-state index contributed by atoms with van der Waals surface area (Å²) in [6, 6.07) is 7.23. The van der Waals surface area contributed by atoms with Gasteiger partial charge in [0.2, 0.25) is 0 Å². The van der Waals surface area contributed by atoms with E-state index in [1.54, 1.807) is 23.8 Å². The molecule has 128 valence electrons. The van der Waals surface area contributed by atoms with Crippen molar-refractivity contribution < 1.29 is 17.4 Å². The molecule has 4 heterocycles. The van der Waals surface area contributed by atoms with Crippen molar-refractivity contribution in [2.24, 2.45) is 0 Å². The van der Waals surface area contributed by atoms with Crippen LogP contribution in [-0.2, 0) is 21.3 Å². The Balaban J connectivity index is 1.47. The zero-order valence-corrected chi connectivity index (χ0v) is 15.1. The average Bonchev–Trinajstić information content (AvgIpc) is 3.34. The Kier molecular flexibility index (Phi) is 4.24. The Morgan fingerprint density at radius 3 is 2.76 bits per heavy atom. The average molecular weight is 393 g/mol. The summed E-state index contributed by atoms with van der Waals surface area (Å²) < 4.78 is 35.1. The predicted octanol–water partition coefficient (Wildman–Crippen LogP) is 3.63. The van der Waals surface area contributed by atoms with E-state index in [1.807, 2.05) is 17.5 Å². The number of hydrogen-bond acceptors (Lipinski definition) is 9. The first kappa shape index (κ1) is 16.2. The molecule has 4 rings (SSSR count). The van der Waals surface area contributed by atoms with Crippen LogP contribution in [0.2, 0.25) is 0 Å². The smallest absolute Gasteiger partial charge is 0.268 e. The van der Waals surface area contributed by atoms with E-state index >= 15 is 0 Å². The van der Waals surface area contributed by atoms with E-state index in [2.05, 4.69) is 15.1 Å². The lowest BCUT2D eigenvalue weighted by Crippen LogP contribution is -2.09. The molecule has 10 heteroatoms. The lowest BCUT2D eigenvalue weighted by Gasteiger charge is -1.98. The van der Waals surface area contributed by atoms with Crippen LogP contribution < -0.4 is 0 Å². The molecular formula is C15H11N3O4S3. The van der Waals surface area contributed by atoms with Gasteiger partial charge in [0.05, 0.1) is 22.6 Å². The lowest BCUT2D eigenvalue weighted by atomic mass is 10.5. The molecule has 4 aromatic heterocycles. The fourth-order valence-electron chi connectivity index (χ4n) is 2.17. The van der Waals surface area contributed by atoms with Crippen LogP contribution in [0.25, 0.3) is 21.5 Å². The van der Waals surface area contributed by atoms with Gasteiger partial charge in [-0.3, -0.25) is 0 Å². The molecule has 0 unspecified atom stereocenters. The molecule has 0 fully saturated rings. The molecule has 0 saturated carbocycles. The molecule has 0 aliphatic rings. The summed E-state index contributed by atoms with van der Waals surface area (Å²) in [5.74, 6) is 0.606. The number of thiophene rings is 1. The molecule has 25 heavy (non-hydrogen) atoms. The maximum Gasteiger partial charge on any atom is 0.268 e. The highest BCUT2D eigenvalue weighted by molar-refractivity contribution is 7.89. The van der Waals surface area contributed by atoms with Gasteiger partial charge in [0.1, 0.15) is 5.75 Å². The first-order valence-electron chi connectivity index (χ1n) is 7.14. The van der Waals surface area contributed by atoms with E-state index in [-0.39, 0.29) is 17.3 Å². The number of aromatic nitrogens is 3. The van der Waals surface area contributed by atoms with Crippen molar-refractivity contribution in [3.63, 3.8) is 0 Å². The molecule has 0 aliphatic heterocycles. The van der Waals surface area contributed by atoms with Gasteiger partial charge in [-0.2, -0.15) is 4.98 Å². The van der Waals surface area contributed by atoms with Gasteiger partial charge in [-0.1, -0.05) is 11.2 Å². The highest BCUT2D eigenvalue weighted by Gasteiger charge is 2.20. The third kappa shape index (κ3) is 3.70. The number of hydrogen-bond donors (Lipinski definition) is 0. The second-order valence-corrected chi connectivity index (χ2v) is 9.02. The van der Waals surface area contributed by atoms with Gasteiger partial charge in [0, 0.05) is 5.38 Å². The summed E-state index contributed by atoms with van der Waals surface area (Å²) in [5, 5.41) is 8.00. The minimum Gasteiger partial charge on any atom is -0.462 e. The van der Waals surface area contributed by atoms with Crippen LogP contribution in [0.1, 0.15) is 11.5 Å². The third-order valence-corrected chi connectivity index (χ3v) is 6.40. The summed E-state index contributed by atoms with van der Waals surface area (Å²) in [7, 11) is -3.47. The Morgan fingerprint density at radius 2 is 2.00 bits per heavy atom. The first-order chi connectivity index (χ1) is 12.1. The van der Waals surface area contributed by atoms with E-state index in [0.717, 1.165) is 4.88 Å². The van der Waals surface area contributed by atoms with Crippen LogP contribution in [0, 0.1) is 0 Å². The highest BCUT2D eigenvalue weighted by atomic mass is 32.2. The van der Waals surface area contributed by atoms with E-state index in [1.165, 1.54) is 22.7 Å². The largest absolute Gasteiger partial charge is 0.462 e. The Labute approximate surface area is 150 Å². The molecule has 0 spiro atoms. The van der Waals surface area contributed by atoms with E-state index in [0.29, 0.717) is 22.4 Å². The molecule has 4 aromatic rings. The van der Waals surface area contributed by atoms with Gasteiger partial charge < -0.3 is 8.94 Å². The van der Waals surface area contributed by atoms with Crippen LogP contribution in [0.4, 0.5) is 0 Å². The minimum absolute atomic E-state index is 0.143. The number of furan rings is 1. The van der Waals surface area contributed by atoms with Gasteiger partial charge in [0.15, 0.2) is 26.4 Å². The van der Waals surface area contributed by atoms with Crippen molar-refractivity contribution in [2.45, 2.75) is 11.5 Å². The first-order valence-corrected chi connectivity index (χ1v) is 10.7. The summed E-state index contributed by atoms with van der Waals surface area (Å²) in [6.07, 6.45) is 1.55. The molecule has 7 nitrogen and oxygen atoms in total. The quantitative estimate of drug-likeness (QED) is 0.493. The zero-order valence-electron chi connectivity index (χ0n) is 12.7. The van der Waals surface area contributed by atoms with Crippen LogP contribution in [0.5, 0.6) is 0 Å². The second kappa shape index (κ2) is 6.54. The second-order valence-electron chi connectivity index (χ2n) is 5.15. The molecule has 0 amide bonds. The summed E-state index contributed by atoms with van der Waals surface area (Å²) in [4.78, 5) is 9.26. The monoisotopic (exact) mass is 393 g/mol. The summed E-state index contributed by atoms with van der Waals surface area (Å²) >= 11 is 2.79. The van der Waals surface area contributed by atoms with E-state index < -0.39 is 9.84 Å². The minimum atomic E-state index is -3.47. The van der Waals surface area contributed by atoms with Crippen molar-refractivity contribution in [1.82, 2.24) is 15.1 Å². The Hall–Kier alpha value is -2.30. The van der Waals surface area contributed by atoms with Crippen LogP contribution in [-0.4, -0.2) is 23.5 Å². The van der Waals surface area contributed by atoms with Gasteiger partial charge in [-0.05, 0) is 23.6 Å². The maximum atomic E-state index is 12.4. The van der Waals surface area contributed by atoms with Crippen LogP contribution in [0.3, 0.4) is 0 Å². The Morgan fingerprint density at radius 1 is 1.08 bits per heavy atom. The Bertz CT molecular complexity index is 983. The van der Waals surface area contributed by atoms with Crippen molar-refractivity contribution in [2.75, 3.05) is 0 Å². The highest BCUT2D eigenvalue weighted by Crippen LogP contribution is 2.26. The van der Waals surface area contributed by atoms with Crippen LogP contribution in [0.15, 0.2) is 50.2 Å². The van der Waals surface area contributed by atoms with Crippen LogP contribution >= 0.6 is 22.7 Å². The van der Waals surface area contributed by atoms with Gasteiger partial charge in [0.25, 0.3) is 5.89 Å². The normalized spacial score (nSPS) is 11.8. The molecular weight excluding hydrogens is 382 g/mol. The number of rotatable bonds is 6. The molecule has 0 aliphatic carbocycles. The molecule has 0 atom stereocenters. The SMILES string of the molecule is O=S(=O)(Cc1csc(-c2ccco2)n1)Cc1noc(-c2cccs2)n1. The molecule has 0 N–H and O–H groups in total. The lowest BCUT2D eigenvalue weighted by molar-refractivity contribution is 0.425. The molecule has 0 radical (unpaired) electrons. The third-order valence-electron chi connectivity index (χ3n) is 3.20. The van der Waals surface area contributed by atoms with Crippen molar-refractivity contribution in [1.29, 1.82) is 0 Å². The van der Waals surface area contributed by atoms with E-state index in [9.17, 15) is 8.42 Å². The zero-order chi connectivity index (χ0) is 17.3. The molecule has 0 saturated heterocycles. The number of sulfone groups is 1. The van der Waals surface area contributed by atoms with Crippen molar-refractivity contribution >= 4 is 32.5 Å². The number of thiazole rings is 1. The number of nitrogens with zero attached hydrogens (tertiary/aromatic N) is 3. The standard InChI is InChI=1S/C15H11N3O4S3/c19-25(20,8-10-7-24-15(16-10)11-3-1-5-21-11)9-13-17-14(22-18-13)12-4-2-6-23-12/h1-7H,8-9H2. The maximum absolute atomic E-state index is 12.4. The topological polar surface area (TPSA) is 99.1 Å². The van der Waals surface area contributed by atoms with Crippen molar-refractivity contribution in [3.8, 4) is 21.5 Å². The predicted molar refractivity (Wildman–Crippen MR) is 93.8 cm³/mol. The van der Waals surface area contributed by atoms with Gasteiger partial charge in [-0.15, -0.1) is 22.7 Å². The molecule has 0 aromatic carbocycles.